The summed E-state index contributed by atoms with van der Waals surface area (Å²) < 4.78 is 26.9. The van der Waals surface area contributed by atoms with Crippen LogP contribution in [-0.2, 0) is 16.4 Å². The van der Waals surface area contributed by atoms with Crippen LogP contribution in [0.3, 0.4) is 0 Å². The van der Waals surface area contributed by atoms with Crippen molar-refractivity contribution in [2.24, 2.45) is 0 Å². The Kier molecular flexibility index (Phi) is 3.91. The number of anilines is 1. The highest BCUT2D eigenvalue weighted by molar-refractivity contribution is 7.91. The van der Waals surface area contributed by atoms with Crippen LogP contribution in [0, 0.1) is 0 Å². The molecule has 0 radical (unpaired) electrons. The summed E-state index contributed by atoms with van der Waals surface area (Å²) in [6.45, 7) is 4.01. The van der Waals surface area contributed by atoms with Gasteiger partial charge in [0, 0.05) is 26.2 Å². The molecule has 1 fully saturated rings. The van der Waals surface area contributed by atoms with Crippen molar-refractivity contribution in [1.82, 2.24) is 24.5 Å². The second-order valence-electron chi connectivity index (χ2n) is 4.63. The summed E-state index contributed by atoms with van der Waals surface area (Å²) in [6, 6.07) is 0. The molecule has 2 aromatic rings. The fraction of sp³-hybridized carbons (Fsp3) is 0.545. The molecule has 21 heavy (non-hydrogen) atoms. The SMILES string of the molecule is CCc1ncc(S(=O)(=O)N2CCN(c3ncn[nH]3)CC2)s1. The normalized spacial score (nSPS) is 17.3. The summed E-state index contributed by atoms with van der Waals surface area (Å²) >= 11 is 1.25. The number of nitrogens with one attached hydrogen (secondary N) is 1. The Morgan fingerprint density at radius 3 is 2.62 bits per heavy atom. The molecule has 0 saturated carbocycles. The number of rotatable bonds is 4. The molecule has 0 aromatic carbocycles. The molecule has 0 aliphatic carbocycles. The number of hydrogen-bond acceptors (Lipinski definition) is 7. The summed E-state index contributed by atoms with van der Waals surface area (Å²) in [5.74, 6) is 0.679. The van der Waals surface area contributed by atoms with E-state index < -0.39 is 10.0 Å². The second kappa shape index (κ2) is 5.70. The minimum absolute atomic E-state index is 0.326. The Bertz CT molecular complexity index is 688. The number of aromatic nitrogens is 4. The zero-order valence-electron chi connectivity index (χ0n) is 11.6. The molecule has 0 spiro atoms. The van der Waals surface area contributed by atoms with Gasteiger partial charge >= 0.3 is 0 Å². The predicted octanol–water partition coefficient (Wildman–Crippen LogP) is 0.334. The van der Waals surface area contributed by atoms with E-state index in [2.05, 4.69) is 20.2 Å². The third kappa shape index (κ3) is 2.78. The van der Waals surface area contributed by atoms with Crippen molar-refractivity contribution >= 4 is 27.3 Å². The van der Waals surface area contributed by atoms with Crippen LogP contribution in [0.4, 0.5) is 5.95 Å². The lowest BCUT2D eigenvalue weighted by molar-refractivity contribution is 0.383. The maximum atomic E-state index is 12.6. The Morgan fingerprint density at radius 1 is 1.29 bits per heavy atom. The van der Waals surface area contributed by atoms with E-state index in [0.717, 1.165) is 11.4 Å². The van der Waals surface area contributed by atoms with Crippen LogP contribution in [0.1, 0.15) is 11.9 Å². The molecule has 3 rings (SSSR count). The number of aryl methyl sites for hydroxylation is 1. The molecule has 1 aliphatic rings. The van der Waals surface area contributed by atoms with E-state index in [1.807, 2.05) is 11.8 Å². The van der Waals surface area contributed by atoms with E-state index in [1.165, 1.54) is 28.2 Å². The zero-order valence-corrected chi connectivity index (χ0v) is 13.2. The van der Waals surface area contributed by atoms with Crippen molar-refractivity contribution in [2.45, 2.75) is 17.6 Å². The minimum Gasteiger partial charge on any atom is -0.339 e. The number of nitrogens with zero attached hydrogens (tertiary/aromatic N) is 5. The quantitative estimate of drug-likeness (QED) is 0.869. The summed E-state index contributed by atoms with van der Waals surface area (Å²) in [5, 5.41) is 7.44. The molecule has 114 valence electrons. The van der Waals surface area contributed by atoms with Crippen molar-refractivity contribution in [1.29, 1.82) is 0 Å². The first-order valence-electron chi connectivity index (χ1n) is 6.66. The van der Waals surface area contributed by atoms with Crippen LogP contribution in [-0.4, -0.2) is 59.1 Å². The van der Waals surface area contributed by atoms with E-state index in [1.54, 1.807) is 0 Å². The molecule has 8 nitrogen and oxygen atoms in total. The Hall–Kier alpha value is -1.52. The van der Waals surface area contributed by atoms with Crippen LogP contribution in [0.5, 0.6) is 0 Å². The maximum absolute atomic E-state index is 12.6. The van der Waals surface area contributed by atoms with Gasteiger partial charge in [-0.05, 0) is 6.42 Å². The van der Waals surface area contributed by atoms with Gasteiger partial charge in [0.15, 0.2) is 4.21 Å². The van der Waals surface area contributed by atoms with E-state index in [0.29, 0.717) is 36.3 Å². The monoisotopic (exact) mass is 328 g/mol. The molecular weight excluding hydrogens is 312 g/mol. The largest absolute Gasteiger partial charge is 0.339 e. The van der Waals surface area contributed by atoms with Crippen LogP contribution < -0.4 is 4.90 Å². The van der Waals surface area contributed by atoms with Gasteiger partial charge in [-0.25, -0.2) is 18.5 Å². The van der Waals surface area contributed by atoms with Gasteiger partial charge in [0.25, 0.3) is 10.0 Å². The Labute approximate surface area is 126 Å². The molecule has 10 heteroatoms. The highest BCUT2D eigenvalue weighted by Crippen LogP contribution is 2.24. The molecule has 0 bridgehead atoms. The van der Waals surface area contributed by atoms with Gasteiger partial charge in [-0.2, -0.15) is 14.4 Å². The van der Waals surface area contributed by atoms with Crippen molar-refractivity contribution in [2.75, 3.05) is 31.1 Å². The number of piperazine rings is 1. The van der Waals surface area contributed by atoms with Gasteiger partial charge in [-0.15, -0.1) is 11.3 Å². The lowest BCUT2D eigenvalue weighted by Gasteiger charge is -2.33. The molecule has 1 saturated heterocycles. The highest BCUT2D eigenvalue weighted by Gasteiger charge is 2.30. The van der Waals surface area contributed by atoms with Gasteiger partial charge in [0.1, 0.15) is 6.33 Å². The molecular formula is C11H16N6O2S2. The van der Waals surface area contributed by atoms with E-state index in [4.69, 9.17) is 0 Å². The molecule has 1 N–H and O–H groups in total. The molecule has 3 heterocycles. The van der Waals surface area contributed by atoms with Crippen LogP contribution in [0.2, 0.25) is 0 Å². The Morgan fingerprint density at radius 2 is 2.05 bits per heavy atom. The predicted molar refractivity (Wildman–Crippen MR) is 78.8 cm³/mol. The average molecular weight is 328 g/mol. The molecule has 1 aliphatic heterocycles. The second-order valence-corrected chi connectivity index (χ2v) is 7.91. The average Bonchev–Trinajstić information content (AvgIpc) is 3.19. The number of thiazole rings is 1. The standard InChI is InChI=1S/C11H16N6O2S2/c1-2-9-12-7-10(20-9)21(18,19)17-5-3-16(4-6-17)11-13-8-14-15-11/h7-8H,2-6H2,1H3,(H,13,14,15). The first kappa shape index (κ1) is 14.4. The smallest absolute Gasteiger partial charge is 0.254 e. The van der Waals surface area contributed by atoms with Gasteiger partial charge in [0.2, 0.25) is 5.95 Å². The first-order valence-corrected chi connectivity index (χ1v) is 8.92. The maximum Gasteiger partial charge on any atom is 0.254 e. The van der Waals surface area contributed by atoms with Crippen molar-refractivity contribution in [3.05, 3.63) is 17.5 Å². The summed E-state index contributed by atoms with van der Waals surface area (Å²) in [6.07, 6.45) is 3.66. The fourth-order valence-electron chi connectivity index (χ4n) is 2.20. The summed E-state index contributed by atoms with van der Waals surface area (Å²) in [4.78, 5) is 10.2. The van der Waals surface area contributed by atoms with E-state index >= 15 is 0 Å². The molecule has 0 unspecified atom stereocenters. The summed E-state index contributed by atoms with van der Waals surface area (Å²) in [7, 11) is -3.43. The van der Waals surface area contributed by atoms with Gasteiger partial charge in [-0.3, -0.25) is 0 Å². The van der Waals surface area contributed by atoms with Crippen molar-refractivity contribution < 1.29 is 8.42 Å². The van der Waals surface area contributed by atoms with Crippen LogP contribution in [0.25, 0.3) is 0 Å². The zero-order chi connectivity index (χ0) is 14.9. The van der Waals surface area contributed by atoms with Crippen molar-refractivity contribution in [3.8, 4) is 0 Å². The van der Waals surface area contributed by atoms with Gasteiger partial charge < -0.3 is 4.90 Å². The number of aromatic amines is 1. The number of hydrogen-bond donors (Lipinski definition) is 1. The fourth-order valence-corrected chi connectivity index (χ4v) is 4.89. The molecule has 2 aromatic heterocycles. The number of sulfonamides is 1. The molecule has 0 atom stereocenters. The van der Waals surface area contributed by atoms with Gasteiger partial charge in [0.05, 0.1) is 11.2 Å². The third-order valence-electron chi connectivity index (χ3n) is 3.37. The van der Waals surface area contributed by atoms with Gasteiger partial charge in [-0.1, -0.05) is 6.92 Å². The van der Waals surface area contributed by atoms with Crippen molar-refractivity contribution in [3.63, 3.8) is 0 Å². The third-order valence-corrected chi connectivity index (χ3v) is 6.85. The summed E-state index contributed by atoms with van der Waals surface area (Å²) in [5.41, 5.74) is 0. The van der Waals surface area contributed by atoms with E-state index in [-0.39, 0.29) is 0 Å². The molecule has 0 amide bonds. The lowest BCUT2D eigenvalue weighted by Crippen LogP contribution is -2.48. The lowest BCUT2D eigenvalue weighted by atomic mass is 10.4. The van der Waals surface area contributed by atoms with E-state index in [9.17, 15) is 8.42 Å². The Balaban J connectivity index is 1.71. The highest BCUT2D eigenvalue weighted by atomic mass is 32.2. The number of H-pyrrole nitrogens is 1. The topological polar surface area (TPSA) is 95.1 Å². The van der Waals surface area contributed by atoms with Crippen LogP contribution >= 0.6 is 11.3 Å². The van der Waals surface area contributed by atoms with Crippen LogP contribution in [0.15, 0.2) is 16.7 Å². The first-order chi connectivity index (χ1) is 10.1. The minimum atomic E-state index is -3.43.